The molecule has 1 aromatic carbocycles. The zero-order chi connectivity index (χ0) is 14.1. The number of fused-ring (bicyclic) bond motifs is 1. The van der Waals surface area contributed by atoms with Gasteiger partial charge in [0.25, 0.3) is 0 Å². The van der Waals surface area contributed by atoms with Crippen LogP contribution >= 0.6 is 0 Å². The summed E-state index contributed by atoms with van der Waals surface area (Å²) in [4.78, 5) is 0. The number of nitrogen functional groups attached to an aromatic ring is 1. The highest BCUT2D eigenvalue weighted by atomic mass is 16.5. The minimum atomic E-state index is 0.123. The van der Waals surface area contributed by atoms with Gasteiger partial charge in [0, 0.05) is 12.6 Å². The van der Waals surface area contributed by atoms with E-state index >= 15 is 0 Å². The van der Waals surface area contributed by atoms with Crippen LogP contribution in [0, 0.1) is 0 Å². The van der Waals surface area contributed by atoms with Crippen LogP contribution in [0.4, 0.5) is 11.5 Å². The topological polar surface area (TPSA) is 65.1 Å². The molecule has 106 valence electrons. The first kappa shape index (κ1) is 12.8. The van der Waals surface area contributed by atoms with Crippen molar-refractivity contribution in [3.05, 3.63) is 35.5 Å². The SMILES string of the molecule is CCCc1nn(C)c(NC2COc3ccccc32)c1N. The van der Waals surface area contributed by atoms with Crippen LogP contribution < -0.4 is 15.8 Å². The Kier molecular flexibility index (Phi) is 3.26. The monoisotopic (exact) mass is 272 g/mol. The second kappa shape index (κ2) is 5.07. The van der Waals surface area contributed by atoms with Gasteiger partial charge in [-0.1, -0.05) is 31.5 Å². The largest absolute Gasteiger partial charge is 0.491 e. The van der Waals surface area contributed by atoms with E-state index in [0.717, 1.165) is 35.8 Å². The van der Waals surface area contributed by atoms with Gasteiger partial charge in [0.2, 0.25) is 0 Å². The van der Waals surface area contributed by atoms with Gasteiger partial charge < -0.3 is 15.8 Å². The lowest BCUT2D eigenvalue weighted by Crippen LogP contribution is -2.15. The fourth-order valence-corrected chi connectivity index (χ4v) is 2.64. The summed E-state index contributed by atoms with van der Waals surface area (Å²) < 4.78 is 7.51. The molecule has 1 unspecified atom stereocenters. The molecular weight excluding hydrogens is 252 g/mol. The summed E-state index contributed by atoms with van der Waals surface area (Å²) in [7, 11) is 1.92. The summed E-state index contributed by atoms with van der Waals surface area (Å²) in [5, 5.41) is 7.95. The predicted molar refractivity (Wildman–Crippen MR) is 79.9 cm³/mol. The van der Waals surface area contributed by atoms with E-state index in [1.165, 1.54) is 5.56 Å². The standard InChI is InChI=1S/C15H20N4O/c1-3-6-11-14(16)15(19(2)18-11)17-12-9-20-13-8-5-4-7-10(12)13/h4-5,7-8,12,17H,3,6,9,16H2,1-2H3. The number of nitrogens with one attached hydrogen (secondary N) is 1. The van der Waals surface area contributed by atoms with E-state index in [2.05, 4.69) is 23.4 Å². The smallest absolute Gasteiger partial charge is 0.148 e. The average molecular weight is 272 g/mol. The van der Waals surface area contributed by atoms with E-state index in [4.69, 9.17) is 10.5 Å². The van der Waals surface area contributed by atoms with Gasteiger partial charge in [-0.3, -0.25) is 4.68 Å². The Balaban J connectivity index is 1.86. The van der Waals surface area contributed by atoms with Gasteiger partial charge in [-0.2, -0.15) is 5.10 Å². The Hall–Kier alpha value is -2.17. The summed E-state index contributed by atoms with van der Waals surface area (Å²) in [6.07, 6.45) is 1.94. The van der Waals surface area contributed by atoms with E-state index in [1.54, 1.807) is 0 Å². The quantitative estimate of drug-likeness (QED) is 0.897. The van der Waals surface area contributed by atoms with Crippen LogP contribution in [-0.2, 0) is 13.5 Å². The first-order valence-corrected chi connectivity index (χ1v) is 7.00. The molecule has 0 amide bonds. The van der Waals surface area contributed by atoms with Gasteiger partial charge in [-0.05, 0) is 12.5 Å². The average Bonchev–Trinajstić information content (AvgIpc) is 2.97. The Bertz CT molecular complexity index is 620. The lowest BCUT2D eigenvalue weighted by molar-refractivity contribution is 0.339. The lowest BCUT2D eigenvalue weighted by Gasteiger charge is -2.14. The van der Waals surface area contributed by atoms with E-state index in [-0.39, 0.29) is 6.04 Å². The van der Waals surface area contributed by atoms with E-state index in [0.29, 0.717) is 6.61 Å². The predicted octanol–water partition coefficient (Wildman–Crippen LogP) is 2.50. The maximum Gasteiger partial charge on any atom is 0.148 e. The Labute approximate surface area is 118 Å². The number of aromatic nitrogens is 2. The number of rotatable bonds is 4. The lowest BCUT2D eigenvalue weighted by atomic mass is 10.1. The van der Waals surface area contributed by atoms with Crippen molar-refractivity contribution in [2.24, 2.45) is 7.05 Å². The number of benzene rings is 1. The van der Waals surface area contributed by atoms with Crippen molar-refractivity contribution >= 4 is 11.5 Å². The molecule has 5 nitrogen and oxygen atoms in total. The molecule has 0 fully saturated rings. The molecule has 0 saturated heterocycles. The molecule has 0 radical (unpaired) electrons. The normalized spacial score (nSPS) is 16.8. The van der Waals surface area contributed by atoms with E-state index < -0.39 is 0 Å². The zero-order valence-corrected chi connectivity index (χ0v) is 11.9. The number of para-hydroxylation sites is 1. The molecular formula is C15H20N4O. The molecule has 1 aliphatic rings. The summed E-state index contributed by atoms with van der Waals surface area (Å²) >= 11 is 0. The van der Waals surface area contributed by atoms with Gasteiger partial charge in [0.1, 0.15) is 18.2 Å². The van der Waals surface area contributed by atoms with Crippen LogP contribution in [-0.4, -0.2) is 16.4 Å². The number of hydrogen-bond donors (Lipinski definition) is 2. The maximum absolute atomic E-state index is 6.20. The fourth-order valence-electron chi connectivity index (χ4n) is 2.64. The second-order valence-corrected chi connectivity index (χ2v) is 5.13. The maximum atomic E-state index is 6.20. The van der Waals surface area contributed by atoms with Gasteiger partial charge in [-0.15, -0.1) is 0 Å². The Morgan fingerprint density at radius 2 is 2.25 bits per heavy atom. The summed E-state index contributed by atoms with van der Waals surface area (Å²) in [5.41, 5.74) is 9.08. The van der Waals surface area contributed by atoms with E-state index in [9.17, 15) is 0 Å². The van der Waals surface area contributed by atoms with Crippen molar-refractivity contribution in [3.8, 4) is 5.75 Å². The molecule has 1 aromatic heterocycles. The van der Waals surface area contributed by atoms with Crippen molar-refractivity contribution in [1.29, 1.82) is 0 Å². The number of nitrogens with two attached hydrogens (primary N) is 1. The molecule has 3 rings (SSSR count). The number of hydrogen-bond acceptors (Lipinski definition) is 4. The highest BCUT2D eigenvalue weighted by molar-refractivity contribution is 5.66. The van der Waals surface area contributed by atoms with E-state index in [1.807, 2.05) is 29.9 Å². The molecule has 2 heterocycles. The van der Waals surface area contributed by atoms with Crippen LogP contribution in [0.2, 0.25) is 0 Å². The number of anilines is 2. The van der Waals surface area contributed by atoms with Crippen molar-refractivity contribution in [2.75, 3.05) is 17.7 Å². The molecule has 1 aliphatic heterocycles. The Morgan fingerprint density at radius 1 is 1.45 bits per heavy atom. The fraction of sp³-hybridized carbons (Fsp3) is 0.400. The van der Waals surface area contributed by atoms with Gasteiger partial charge in [-0.25, -0.2) is 0 Å². The molecule has 0 spiro atoms. The van der Waals surface area contributed by atoms with Crippen LogP contribution in [0.5, 0.6) is 5.75 Å². The van der Waals surface area contributed by atoms with Gasteiger partial charge >= 0.3 is 0 Å². The highest BCUT2D eigenvalue weighted by Crippen LogP contribution is 2.35. The van der Waals surface area contributed by atoms with Crippen LogP contribution in [0.3, 0.4) is 0 Å². The zero-order valence-electron chi connectivity index (χ0n) is 11.9. The first-order chi connectivity index (χ1) is 9.70. The van der Waals surface area contributed by atoms with Crippen molar-refractivity contribution in [1.82, 2.24) is 9.78 Å². The second-order valence-electron chi connectivity index (χ2n) is 5.13. The third kappa shape index (κ3) is 2.09. The van der Waals surface area contributed by atoms with Crippen LogP contribution in [0.25, 0.3) is 0 Å². The Morgan fingerprint density at radius 3 is 3.05 bits per heavy atom. The molecule has 0 aliphatic carbocycles. The minimum absolute atomic E-state index is 0.123. The molecule has 20 heavy (non-hydrogen) atoms. The molecule has 3 N–H and O–H groups in total. The molecule has 1 atom stereocenters. The minimum Gasteiger partial charge on any atom is -0.491 e. The van der Waals surface area contributed by atoms with Crippen molar-refractivity contribution in [2.45, 2.75) is 25.8 Å². The van der Waals surface area contributed by atoms with Gasteiger partial charge in [0.05, 0.1) is 17.4 Å². The number of ether oxygens (including phenoxy) is 1. The van der Waals surface area contributed by atoms with Crippen LogP contribution in [0.15, 0.2) is 24.3 Å². The van der Waals surface area contributed by atoms with Crippen LogP contribution in [0.1, 0.15) is 30.6 Å². The summed E-state index contributed by atoms with van der Waals surface area (Å²) in [6, 6.07) is 8.21. The first-order valence-electron chi connectivity index (χ1n) is 7.00. The number of aryl methyl sites for hydroxylation is 2. The van der Waals surface area contributed by atoms with Gasteiger partial charge in [0.15, 0.2) is 0 Å². The molecule has 2 aromatic rings. The molecule has 0 bridgehead atoms. The summed E-state index contributed by atoms with van der Waals surface area (Å²) in [6.45, 7) is 2.75. The van der Waals surface area contributed by atoms with Crippen molar-refractivity contribution < 1.29 is 4.74 Å². The highest BCUT2D eigenvalue weighted by Gasteiger charge is 2.25. The van der Waals surface area contributed by atoms with Crippen molar-refractivity contribution in [3.63, 3.8) is 0 Å². The molecule has 5 heteroatoms. The third-order valence-corrected chi connectivity index (χ3v) is 3.66. The third-order valence-electron chi connectivity index (χ3n) is 3.66. The molecule has 0 saturated carbocycles. The number of nitrogens with zero attached hydrogens (tertiary/aromatic N) is 2. The summed E-state index contributed by atoms with van der Waals surface area (Å²) in [5.74, 6) is 1.82.